The SMILES string of the molecule is CC1(C)OC(=O)N(c2ccc(-n3nnc4ccccc43)cc2)C1c1ccccc1. The summed E-state index contributed by atoms with van der Waals surface area (Å²) in [5.41, 5.74) is 3.83. The molecular formula is C23H20N4O2. The van der Waals surface area contributed by atoms with Crippen molar-refractivity contribution < 1.29 is 9.53 Å². The summed E-state index contributed by atoms with van der Waals surface area (Å²) in [6.45, 7) is 3.89. The van der Waals surface area contributed by atoms with Gasteiger partial charge in [-0.05, 0) is 55.8 Å². The van der Waals surface area contributed by atoms with Crippen molar-refractivity contribution in [2.24, 2.45) is 0 Å². The lowest BCUT2D eigenvalue weighted by atomic mass is 9.91. The van der Waals surface area contributed by atoms with Crippen molar-refractivity contribution in [1.29, 1.82) is 0 Å². The lowest BCUT2D eigenvalue weighted by molar-refractivity contribution is 0.0685. The van der Waals surface area contributed by atoms with Crippen LogP contribution in [0, 0.1) is 0 Å². The van der Waals surface area contributed by atoms with E-state index in [9.17, 15) is 4.79 Å². The summed E-state index contributed by atoms with van der Waals surface area (Å²) in [6, 6.07) is 25.3. The molecule has 4 aromatic rings. The Morgan fingerprint density at radius 3 is 2.28 bits per heavy atom. The van der Waals surface area contributed by atoms with Gasteiger partial charge in [0.05, 0.1) is 11.2 Å². The lowest BCUT2D eigenvalue weighted by Gasteiger charge is -2.29. The second-order valence-corrected chi connectivity index (χ2v) is 7.66. The number of para-hydroxylation sites is 1. The normalized spacial score (nSPS) is 18.2. The zero-order valence-corrected chi connectivity index (χ0v) is 16.2. The van der Waals surface area contributed by atoms with E-state index >= 15 is 0 Å². The van der Waals surface area contributed by atoms with Gasteiger partial charge in [-0.3, -0.25) is 4.90 Å². The van der Waals surface area contributed by atoms with Crippen LogP contribution in [0.5, 0.6) is 0 Å². The highest BCUT2D eigenvalue weighted by molar-refractivity contribution is 5.91. The second-order valence-electron chi connectivity index (χ2n) is 7.66. The molecule has 0 saturated carbocycles. The van der Waals surface area contributed by atoms with Crippen LogP contribution in [0.3, 0.4) is 0 Å². The third-order valence-electron chi connectivity index (χ3n) is 5.30. The number of rotatable bonds is 3. The second kappa shape index (κ2) is 6.44. The fourth-order valence-corrected chi connectivity index (χ4v) is 4.00. The minimum Gasteiger partial charge on any atom is -0.441 e. The molecule has 1 aromatic heterocycles. The van der Waals surface area contributed by atoms with Crippen molar-refractivity contribution in [2.75, 3.05) is 4.90 Å². The summed E-state index contributed by atoms with van der Waals surface area (Å²) in [5, 5.41) is 8.46. The van der Waals surface area contributed by atoms with Gasteiger partial charge >= 0.3 is 6.09 Å². The smallest absolute Gasteiger partial charge is 0.415 e. The van der Waals surface area contributed by atoms with E-state index in [0.29, 0.717) is 0 Å². The summed E-state index contributed by atoms with van der Waals surface area (Å²) in [4.78, 5) is 14.5. The number of benzene rings is 3. The molecule has 0 bridgehead atoms. The topological polar surface area (TPSA) is 60.2 Å². The number of anilines is 1. The highest BCUT2D eigenvalue weighted by atomic mass is 16.6. The van der Waals surface area contributed by atoms with Crippen LogP contribution in [-0.2, 0) is 4.74 Å². The molecule has 1 atom stereocenters. The van der Waals surface area contributed by atoms with Gasteiger partial charge in [-0.2, -0.15) is 0 Å². The van der Waals surface area contributed by atoms with Gasteiger partial charge in [-0.1, -0.05) is 47.7 Å². The molecule has 0 N–H and O–H groups in total. The molecule has 3 aromatic carbocycles. The predicted octanol–water partition coefficient (Wildman–Crippen LogP) is 4.90. The third-order valence-corrected chi connectivity index (χ3v) is 5.30. The Hall–Kier alpha value is -3.67. The summed E-state index contributed by atoms with van der Waals surface area (Å²) in [6.07, 6.45) is -0.345. The maximum atomic E-state index is 12.7. The summed E-state index contributed by atoms with van der Waals surface area (Å²) < 4.78 is 7.49. The van der Waals surface area contributed by atoms with Crippen LogP contribution >= 0.6 is 0 Å². The standard InChI is InChI=1S/C23H20N4O2/c1-23(2)21(16-8-4-3-5-9-16)26(22(28)29-23)17-12-14-18(15-13-17)27-20-11-7-6-10-19(20)24-25-27/h3-15,21H,1-2H3. The zero-order valence-electron chi connectivity index (χ0n) is 16.2. The number of aromatic nitrogens is 3. The number of carbonyl (C=O) groups is 1. The van der Waals surface area contributed by atoms with E-state index in [1.807, 2.05) is 92.7 Å². The maximum absolute atomic E-state index is 12.7. The van der Waals surface area contributed by atoms with Gasteiger partial charge < -0.3 is 4.74 Å². The number of ether oxygens (including phenoxy) is 1. The van der Waals surface area contributed by atoms with Gasteiger partial charge in [0.1, 0.15) is 17.2 Å². The molecule has 6 heteroatoms. The van der Waals surface area contributed by atoms with Crippen LogP contribution in [0.4, 0.5) is 10.5 Å². The maximum Gasteiger partial charge on any atom is 0.415 e. The molecular weight excluding hydrogens is 364 g/mol. The molecule has 6 nitrogen and oxygen atoms in total. The Bertz CT molecular complexity index is 1180. The van der Waals surface area contributed by atoms with Gasteiger partial charge in [-0.15, -0.1) is 5.10 Å². The Morgan fingerprint density at radius 1 is 0.862 bits per heavy atom. The van der Waals surface area contributed by atoms with Crippen molar-refractivity contribution in [3.05, 3.63) is 84.4 Å². The minimum absolute atomic E-state index is 0.214. The number of amides is 1. The number of nitrogens with zero attached hydrogens (tertiary/aromatic N) is 4. The van der Waals surface area contributed by atoms with Crippen LogP contribution in [0.15, 0.2) is 78.9 Å². The van der Waals surface area contributed by atoms with Crippen LogP contribution in [0.2, 0.25) is 0 Å². The van der Waals surface area contributed by atoms with Gasteiger partial charge in [0, 0.05) is 5.69 Å². The zero-order chi connectivity index (χ0) is 20.0. The molecule has 0 aliphatic carbocycles. The van der Waals surface area contributed by atoms with Crippen molar-refractivity contribution >= 4 is 22.8 Å². The Morgan fingerprint density at radius 2 is 1.52 bits per heavy atom. The first kappa shape index (κ1) is 17.4. The van der Waals surface area contributed by atoms with Gasteiger partial charge in [-0.25, -0.2) is 9.48 Å². The van der Waals surface area contributed by atoms with Crippen LogP contribution in [0.1, 0.15) is 25.5 Å². The first-order valence-electron chi connectivity index (χ1n) is 9.53. The predicted molar refractivity (Wildman–Crippen MR) is 111 cm³/mol. The molecule has 2 heterocycles. The fraction of sp³-hybridized carbons (Fsp3) is 0.174. The minimum atomic E-state index is -0.640. The van der Waals surface area contributed by atoms with Crippen molar-refractivity contribution in [3.8, 4) is 5.69 Å². The number of hydrogen-bond donors (Lipinski definition) is 0. The van der Waals surface area contributed by atoms with Gasteiger partial charge in [0.25, 0.3) is 0 Å². The van der Waals surface area contributed by atoms with Crippen LogP contribution in [0.25, 0.3) is 16.7 Å². The van der Waals surface area contributed by atoms with Crippen molar-refractivity contribution in [1.82, 2.24) is 15.0 Å². The molecule has 1 aliphatic rings. The van der Waals surface area contributed by atoms with E-state index in [1.165, 1.54) is 0 Å². The number of cyclic esters (lactones) is 1. The number of carbonyl (C=O) groups excluding carboxylic acids is 1. The van der Waals surface area contributed by atoms with Crippen LogP contribution in [-0.4, -0.2) is 26.7 Å². The molecule has 1 unspecified atom stereocenters. The van der Waals surface area contributed by atoms with Crippen molar-refractivity contribution in [2.45, 2.75) is 25.5 Å². The van der Waals surface area contributed by atoms with E-state index in [-0.39, 0.29) is 12.1 Å². The van der Waals surface area contributed by atoms with Gasteiger partial charge in [0.15, 0.2) is 0 Å². The van der Waals surface area contributed by atoms with E-state index in [4.69, 9.17) is 4.74 Å². The monoisotopic (exact) mass is 384 g/mol. The fourth-order valence-electron chi connectivity index (χ4n) is 4.00. The molecule has 0 radical (unpaired) electrons. The van der Waals surface area contributed by atoms with E-state index < -0.39 is 5.60 Å². The van der Waals surface area contributed by atoms with Crippen LogP contribution < -0.4 is 4.90 Å². The average Bonchev–Trinajstić information content (AvgIpc) is 3.26. The molecule has 144 valence electrons. The number of fused-ring (bicyclic) bond motifs is 1. The first-order chi connectivity index (χ1) is 14.0. The molecule has 1 saturated heterocycles. The summed E-state index contributed by atoms with van der Waals surface area (Å²) >= 11 is 0. The quantitative estimate of drug-likeness (QED) is 0.504. The summed E-state index contributed by atoms with van der Waals surface area (Å²) in [7, 11) is 0. The van der Waals surface area contributed by atoms with Crippen molar-refractivity contribution in [3.63, 3.8) is 0 Å². The summed E-state index contributed by atoms with van der Waals surface area (Å²) in [5.74, 6) is 0. The molecule has 1 aliphatic heterocycles. The third kappa shape index (κ3) is 2.84. The molecule has 5 rings (SSSR count). The lowest BCUT2D eigenvalue weighted by Crippen LogP contribution is -2.33. The first-order valence-corrected chi connectivity index (χ1v) is 9.53. The highest BCUT2D eigenvalue weighted by Gasteiger charge is 2.49. The molecule has 29 heavy (non-hydrogen) atoms. The Labute approximate surface area is 168 Å². The van der Waals surface area contributed by atoms with E-state index in [1.54, 1.807) is 9.58 Å². The molecule has 1 fully saturated rings. The Balaban J connectivity index is 1.54. The molecule has 0 spiro atoms. The highest BCUT2D eigenvalue weighted by Crippen LogP contribution is 2.43. The van der Waals surface area contributed by atoms with E-state index in [2.05, 4.69) is 10.3 Å². The average molecular weight is 384 g/mol. The van der Waals surface area contributed by atoms with Gasteiger partial charge in [0.2, 0.25) is 0 Å². The van der Waals surface area contributed by atoms with E-state index in [0.717, 1.165) is 28.0 Å². The largest absolute Gasteiger partial charge is 0.441 e. The Kier molecular flexibility index (Phi) is 3.87. The molecule has 1 amide bonds. The number of hydrogen-bond acceptors (Lipinski definition) is 4.